The van der Waals surface area contributed by atoms with Crippen LogP contribution in [-0.2, 0) is 27.2 Å². The molecule has 4 rings (SSSR count). The molecule has 0 aliphatic rings. The molecule has 0 aliphatic heterocycles. The molecule has 0 atom stereocenters. The number of ether oxygens (including phenoxy) is 2. The molecule has 8 nitrogen and oxygen atoms in total. The lowest BCUT2D eigenvalue weighted by atomic mass is 10.1. The van der Waals surface area contributed by atoms with Gasteiger partial charge < -0.3 is 24.7 Å². The highest BCUT2D eigenvalue weighted by atomic mass is 16.5. The Labute approximate surface area is 215 Å². The van der Waals surface area contributed by atoms with E-state index in [2.05, 4.69) is 15.6 Å². The summed E-state index contributed by atoms with van der Waals surface area (Å²) in [7, 11) is 2.90. The van der Waals surface area contributed by atoms with E-state index in [9.17, 15) is 9.59 Å². The molecule has 0 bridgehead atoms. The van der Waals surface area contributed by atoms with Gasteiger partial charge in [0.2, 0.25) is 5.91 Å². The molecule has 0 spiro atoms. The monoisotopic (exact) mass is 498 g/mol. The summed E-state index contributed by atoms with van der Waals surface area (Å²) >= 11 is 0. The number of aromatic nitrogens is 2. The number of nitrogens with zero attached hydrogens (tertiary/aromatic N) is 2. The van der Waals surface area contributed by atoms with Gasteiger partial charge in [-0.1, -0.05) is 72.8 Å². The van der Waals surface area contributed by atoms with Gasteiger partial charge in [-0.15, -0.1) is 0 Å². The Bertz CT molecular complexity index is 1380. The third kappa shape index (κ3) is 6.42. The van der Waals surface area contributed by atoms with Crippen LogP contribution in [0, 0.1) is 0 Å². The first-order valence-corrected chi connectivity index (χ1v) is 12.0. The fourth-order valence-electron chi connectivity index (χ4n) is 4.06. The van der Waals surface area contributed by atoms with Gasteiger partial charge in [0, 0.05) is 25.6 Å². The smallest absolute Gasteiger partial charge is 0.356 e. The number of methoxy groups -OCH3 is 2. The van der Waals surface area contributed by atoms with Gasteiger partial charge in [-0.3, -0.25) is 4.79 Å². The summed E-state index contributed by atoms with van der Waals surface area (Å²) in [5, 5.41) is 6.91. The first kappa shape index (κ1) is 25.7. The van der Waals surface area contributed by atoms with Crippen LogP contribution in [0.4, 0.5) is 11.4 Å². The number of carbonyl (C=O) groups excluding carboxylic acids is 2. The Morgan fingerprint density at radius 3 is 2.46 bits per heavy atom. The van der Waals surface area contributed by atoms with E-state index in [0.717, 1.165) is 16.8 Å². The van der Waals surface area contributed by atoms with Crippen molar-refractivity contribution in [2.45, 2.75) is 13.0 Å². The Morgan fingerprint density at radius 2 is 1.76 bits per heavy atom. The molecule has 37 heavy (non-hydrogen) atoms. The first-order chi connectivity index (χ1) is 18.1. The molecule has 2 aromatic carbocycles. The number of rotatable bonds is 11. The van der Waals surface area contributed by atoms with E-state index in [0.29, 0.717) is 36.4 Å². The molecule has 0 saturated heterocycles. The van der Waals surface area contributed by atoms with Crippen LogP contribution in [0.2, 0.25) is 0 Å². The van der Waals surface area contributed by atoms with E-state index < -0.39 is 5.97 Å². The molecule has 0 radical (unpaired) electrons. The maximum absolute atomic E-state index is 13.0. The number of hydrogen-bond donors (Lipinski definition) is 2. The maximum Gasteiger partial charge on any atom is 0.356 e. The number of pyridine rings is 1. The molecule has 0 saturated carbocycles. The molecule has 4 aromatic rings. The summed E-state index contributed by atoms with van der Waals surface area (Å²) < 4.78 is 12.0. The van der Waals surface area contributed by atoms with Crippen molar-refractivity contribution >= 4 is 40.4 Å². The lowest BCUT2D eigenvalue weighted by molar-refractivity contribution is -0.115. The van der Waals surface area contributed by atoms with Crippen molar-refractivity contribution in [3.8, 4) is 0 Å². The van der Waals surface area contributed by atoms with Gasteiger partial charge in [-0.05, 0) is 17.2 Å². The standard InChI is InChI=1S/C29H30N4O4/c1-36-17-16-33-27(29(35)37-2)26(32-25(34)18-22-12-7-4-8-13-22)24-19-23(20-31-28(24)33)30-15-9-14-21-10-5-3-6-11-21/h3-14,19-20,30H,15-18H2,1-2H3,(H,32,34)/b14-9+. The van der Waals surface area contributed by atoms with Crippen LogP contribution in [0.1, 0.15) is 21.6 Å². The molecule has 2 N–H and O–H groups in total. The minimum Gasteiger partial charge on any atom is -0.464 e. The zero-order valence-corrected chi connectivity index (χ0v) is 20.9. The average Bonchev–Trinajstić information content (AvgIpc) is 3.22. The van der Waals surface area contributed by atoms with Gasteiger partial charge in [-0.25, -0.2) is 9.78 Å². The highest BCUT2D eigenvalue weighted by Gasteiger charge is 2.26. The van der Waals surface area contributed by atoms with Gasteiger partial charge in [0.15, 0.2) is 5.69 Å². The van der Waals surface area contributed by atoms with Crippen molar-refractivity contribution in [3.63, 3.8) is 0 Å². The lowest BCUT2D eigenvalue weighted by Gasteiger charge is -2.10. The number of amides is 1. The highest BCUT2D eigenvalue weighted by molar-refractivity contribution is 6.11. The summed E-state index contributed by atoms with van der Waals surface area (Å²) in [6, 6.07) is 21.3. The van der Waals surface area contributed by atoms with E-state index in [4.69, 9.17) is 9.47 Å². The van der Waals surface area contributed by atoms with Gasteiger partial charge in [0.05, 0.1) is 37.7 Å². The Kier molecular flexibility index (Phi) is 8.67. The number of carbonyl (C=O) groups is 2. The number of benzene rings is 2. The van der Waals surface area contributed by atoms with Crippen LogP contribution in [0.5, 0.6) is 0 Å². The predicted octanol–water partition coefficient (Wildman–Crippen LogP) is 4.78. The summed E-state index contributed by atoms with van der Waals surface area (Å²) in [6.45, 7) is 1.30. The Balaban J connectivity index is 1.66. The second kappa shape index (κ2) is 12.5. The zero-order chi connectivity index (χ0) is 26.0. The van der Waals surface area contributed by atoms with Gasteiger partial charge in [-0.2, -0.15) is 0 Å². The quantitative estimate of drug-likeness (QED) is 0.289. The molecule has 2 aromatic heterocycles. The molecular formula is C29H30N4O4. The zero-order valence-electron chi connectivity index (χ0n) is 20.9. The molecule has 8 heteroatoms. The molecule has 0 unspecified atom stereocenters. The van der Waals surface area contributed by atoms with Crippen molar-refractivity contribution in [3.05, 3.63) is 95.8 Å². The molecule has 1 amide bonds. The van der Waals surface area contributed by atoms with Crippen LogP contribution in [0.3, 0.4) is 0 Å². The second-order valence-corrected chi connectivity index (χ2v) is 8.36. The number of fused-ring (bicyclic) bond motifs is 1. The summed E-state index contributed by atoms with van der Waals surface area (Å²) in [4.78, 5) is 30.5. The number of hydrogen-bond acceptors (Lipinski definition) is 6. The van der Waals surface area contributed by atoms with Crippen molar-refractivity contribution in [1.82, 2.24) is 9.55 Å². The van der Waals surface area contributed by atoms with E-state index >= 15 is 0 Å². The first-order valence-electron chi connectivity index (χ1n) is 12.0. The maximum atomic E-state index is 13.0. The Hall–Kier alpha value is -4.43. The average molecular weight is 499 g/mol. The molecule has 0 aliphatic carbocycles. The van der Waals surface area contributed by atoms with Crippen LogP contribution >= 0.6 is 0 Å². The molecule has 2 heterocycles. The largest absolute Gasteiger partial charge is 0.464 e. The van der Waals surface area contributed by atoms with Gasteiger partial charge >= 0.3 is 5.97 Å². The van der Waals surface area contributed by atoms with Gasteiger partial charge in [0.1, 0.15) is 5.65 Å². The van der Waals surface area contributed by atoms with Crippen molar-refractivity contribution < 1.29 is 19.1 Å². The number of nitrogens with one attached hydrogen (secondary N) is 2. The third-order valence-corrected chi connectivity index (χ3v) is 5.80. The van der Waals surface area contributed by atoms with Crippen molar-refractivity contribution in [1.29, 1.82) is 0 Å². The Morgan fingerprint density at radius 1 is 1.03 bits per heavy atom. The molecule has 190 valence electrons. The summed E-state index contributed by atoms with van der Waals surface area (Å²) in [5.74, 6) is -0.810. The molecular weight excluding hydrogens is 468 g/mol. The van der Waals surface area contributed by atoms with Crippen LogP contribution in [-0.4, -0.2) is 48.8 Å². The normalized spacial score (nSPS) is 11.1. The highest BCUT2D eigenvalue weighted by Crippen LogP contribution is 2.33. The SMILES string of the molecule is COCCn1c(C(=O)OC)c(NC(=O)Cc2ccccc2)c2cc(NC/C=C/c3ccccc3)cnc21. The minimum atomic E-state index is -0.565. The lowest BCUT2D eigenvalue weighted by Crippen LogP contribution is -2.19. The number of esters is 1. The topological polar surface area (TPSA) is 94.5 Å². The third-order valence-electron chi connectivity index (χ3n) is 5.80. The summed E-state index contributed by atoms with van der Waals surface area (Å²) in [6.07, 6.45) is 5.93. The number of anilines is 2. The van der Waals surface area contributed by atoms with Gasteiger partial charge in [0.25, 0.3) is 0 Å². The van der Waals surface area contributed by atoms with Crippen molar-refractivity contribution in [2.75, 3.05) is 38.0 Å². The van der Waals surface area contributed by atoms with Crippen LogP contribution in [0.15, 0.2) is 79.0 Å². The van der Waals surface area contributed by atoms with Crippen LogP contribution in [0.25, 0.3) is 17.1 Å². The van der Waals surface area contributed by atoms with E-state index in [-0.39, 0.29) is 18.0 Å². The fraction of sp³-hybridized carbons (Fsp3) is 0.207. The molecule has 0 fully saturated rings. The van der Waals surface area contributed by atoms with E-state index in [1.165, 1.54) is 7.11 Å². The van der Waals surface area contributed by atoms with Crippen LogP contribution < -0.4 is 10.6 Å². The predicted molar refractivity (Wildman–Crippen MR) is 146 cm³/mol. The summed E-state index contributed by atoms with van der Waals surface area (Å²) in [5.41, 5.74) is 3.88. The van der Waals surface area contributed by atoms with E-state index in [1.54, 1.807) is 17.9 Å². The van der Waals surface area contributed by atoms with Crippen molar-refractivity contribution in [2.24, 2.45) is 0 Å². The second-order valence-electron chi connectivity index (χ2n) is 8.36. The van der Waals surface area contributed by atoms with E-state index in [1.807, 2.05) is 78.9 Å². The fourth-order valence-corrected chi connectivity index (χ4v) is 4.06. The minimum absolute atomic E-state index is 0.168.